The summed E-state index contributed by atoms with van der Waals surface area (Å²) >= 11 is 1.54. The van der Waals surface area contributed by atoms with Gasteiger partial charge < -0.3 is 5.32 Å². The third-order valence-corrected chi connectivity index (χ3v) is 5.22. The van der Waals surface area contributed by atoms with Gasteiger partial charge in [0.05, 0.1) is 0 Å². The number of hydrogen-bond acceptors (Lipinski definition) is 4. The Morgan fingerprint density at radius 1 is 1.14 bits per heavy atom. The molecular weight excluding hydrogens is 373 g/mol. The molecule has 2 aromatic heterocycles. The maximum atomic E-state index is 12.9. The van der Waals surface area contributed by atoms with Crippen molar-refractivity contribution in [2.24, 2.45) is 0 Å². The second-order valence-corrected chi connectivity index (χ2v) is 7.23. The molecule has 0 atom stereocenters. The molecule has 138 valence electrons. The van der Waals surface area contributed by atoms with Gasteiger partial charge in [-0.15, -0.1) is 0 Å². The molecule has 28 heavy (non-hydrogen) atoms. The molecule has 1 N–H and O–H groups in total. The number of pyridine rings is 1. The van der Waals surface area contributed by atoms with E-state index in [1.54, 1.807) is 24.4 Å². The van der Waals surface area contributed by atoms with Crippen LogP contribution in [-0.2, 0) is 4.79 Å². The predicted octanol–water partition coefficient (Wildman–Crippen LogP) is 5.46. The first-order valence-corrected chi connectivity index (χ1v) is 9.47. The minimum Gasteiger partial charge on any atom is -0.322 e. The fourth-order valence-corrected chi connectivity index (χ4v) is 3.65. The summed E-state index contributed by atoms with van der Waals surface area (Å²) in [5.74, 6) is -0.550. The average Bonchev–Trinajstić information content (AvgIpc) is 3.13. The van der Waals surface area contributed by atoms with E-state index < -0.39 is 0 Å². The number of nitrogens with zero attached hydrogens (tertiary/aromatic N) is 2. The Morgan fingerprint density at radius 3 is 2.71 bits per heavy atom. The first kappa shape index (κ1) is 18.0. The molecule has 1 amide bonds. The monoisotopic (exact) mass is 389 g/mol. The molecule has 4 aromatic rings. The minimum absolute atomic E-state index is 0.246. The highest BCUT2D eigenvalue weighted by atomic mass is 32.1. The Morgan fingerprint density at radius 2 is 1.96 bits per heavy atom. The molecule has 0 fully saturated rings. The first-order chi connectivity index (χ1) is 13.6. The zero-order valence-electron chi connectivity index (χ0n) is 15.0. The van der Waals surface area contributed by atoms with Crippen molar-refractivity contribution in [1.82, 2.24) is 9.97 Å². The maximum Gasteiger partial charge on any atom is 0.248 e. The number of rotatable bonds is 4. The fourth-order valence-electron chi connectivity index (χ4n) is 2.75. The molecule has 2 aromatic carbocycles. The lowest BCUT2D eigenvalue weighted by Crippen LogP contribution is -2.08. The number of fused-ring (bicyclic) bond motifs is 1. The van der Waals surface area contributed by atoms with Crippen molar-refractivity contribution in [3.05, 3.63) is 83.8 Å². The summed E-state index contributed by atoms with van der Waals surface area (Å²) in [5, 5.41) is 3.76. The van der Waals surface area contributed by atoms with Crippen LogP contribution in [0.15, 0.2) is 66.9 Å². The van der Waals surface area contributed by atoms with E-state index >= 15 is 0 Å². The SMILES string of the molecule is Cc1cc(-c2nc3cccnc3s2)ccc1NC(=O)/C=C/c1ccc(F)cc1. The van der Waals surface area contributed by atoms with Crippen LogP contribution < -0.4 is 5.32 Å². The van der Waals surface area contributed by atoms with Crippen LogP contribution in [0.25, 0.3) is 27.0 Å². The highest BCUT2D eigenvalue weighted by molar-refractivity contribution is 7.21. The van der Waals surface area contributed by atoms with Gasteiger partial charge in [-0.1, -0.05) is 23.5 Å². The van der Waals surface area contributed by atoms with Gasteiger partial charge in [0, 0.05) is 23.5 Å². The molecular formula is C22H16FN3OS. The molecule has 4 rings (SSSR count). The van der Waals surface area contributed by atoms with E-state index in [0.717, 1.165) is 37.7 Å². The molecule has 0 saturated carbocycles. The van der Waals surface area contributed by atoms with Crippen LogP contribution in [0.4, 0.5) is 10.1 Å². The van der Waals surface area contributed by atoms with Gasteiger partial charge in [0.15, 0.2) is 0 Å². The Balaban J connectivity index is 1.49. The summed E-state index contributed by atoms with van der Waals surface area (Å²) in [6.07, 6.45) is 4.83. The van der Waals surface area contributed by atoms with E-state index in [1.807, 2.05) is 37.3 Å². The number of nitrogens with one attached hydrogen (secondary N) is 1. The van der Waals surface area contributed by atoms with Crippen molar-refractivity contribution >= 4 is 39.4 Å². The summed E-state index contributed by atoms with van der Waals surface area (Å²) < 4.78 is 12.9. The van der Waals surface area contributed by atoms with Crippen LogP contribution in [-0.4, -0.2) is 15.9 Å². The quantitative estimate of drug-likeness (QED) is 0.472. The van der Waals surface area contributed by atoms with Crippen molar-refractivity contribution < 1.29 is 9.18 Å². The van der Waals surface area contributed by atoms with Crippen LogP contribution >= 0.6 is 11.3 Å². The number of carbonyl (C=O) groups excluding carboxylic acids is 1. The Hall–Kier alpha value is -3.38. The predicted molar refractivity (Wildman–Crippen MR) is 112 cm³/mol. The van der Waals surface area contributed by atoms with Crippen LogP contribution in [0.3, 0.4) is 0 Å². The van der Waals surface area contributed by atoms with Crippen molar-refractivity contribution in [3.63, 3.8) is 0 Å². The number of benzene rings is 2. The lowest BCUT2D eigenvalue weighted by atomic mass is 10.1. The molecule has 6 heteroatoms. The maximum absolute atomic E-state index is 12.9. The smallest absolute Gasteiger partial charge is 0.248 e. The summed E-state index contributed by atoms with van der Waals surface area (Å²) in [5.41, 5.74) is 4.29. The van der Waals surface area contributed by atoms with Gasteiger partial charge in [-0.2, -0.15) is 0 Å². The molecule has 0 radical (unpaired) electrons. The highest BCUT2D eigenvalue weighted by Gasteiger charge is 2.09. The molecule has 0 aliphatic carbocycles. The average molecular weight is 389 g/mol. The van der Waals surface area contributed by atoms with Crippen LogP contribution in [0.5, 0.6) is 0 Å². The van der Waals surface area contributed by atoms with E-state index in [0.29, 0.717) is 0 Å². The Kier molecular flexibility index (Phi) is 4.95. The lowest BCUT2D eigenvalue weighted by molar-refractivity contribution is -0.111. The second kappa shape index (κ2) is 7.70. The molecule has 0 aliphatic rings. The van der Waals surface area contributed by atoms with Gasteiger partial charge >= 0.3 is 0 Å². The van der Waals surface area contributed by atoms with E-state index in [4.69, 9.17) is 0 Å². The number of carbonyl (C=O) groups is 1. The van der Waals surface area contributed by atoms with Crippen molar-refractivity contribution in [2.45, 2.75) is 6.92 Å². The highest BCUT2D eigenvalue weighted by Crippen LogP contribution is 2.31. The van der Waals surface area contributed by atoms with E-state index in [-0.39, 0.29) is 11.7 Å². The number of aryl methyl sites for hydroxylation is 1. The molecule has 0 aliphatic heterocycles. The summed E-state index contributed by atoms with van der Waals surface area (Å²) in [4.78, 5) is 22.0. The lowest BCUT2D eigenvalue weighted by Gasteiger charge is -2.08. The Bertz CT molecular complexity index is 1150. The number of amides is 1. The van der Waals surface area contributed by atoms with Gasteiger partial charge in [-0.05, 0) is 66.6 Å². The van der Waals surface area contributed by atoms with Crippen LogP contribution in [0.2, 0.25) is 0 Å². The van der Waals surface area contributed by atoms with E-state index in [2.05, 4.69) is 15.3 Å². The van der Waals surface area contributed by atoms with Gasteiger partial charge in [-0.3, -0.25) is 4.79 Å². The summed E-state index contributed by atoms with van der Waals surface area (Å²) in [6, 6.07) is 15.6. The molecule has 0 bridgehead atoms. The number of hydrogen-bond donors (Lipinski definition) is 1. The number of anilines is 1. The molecule has 0 spiro atoms. The normalized spacial score (nSPS) is 11.2. The largest absolute Gasteiger partial charge is 0.322 e. The third-order valence-electron chi connectivity index (χ3n) is 4.19. The molecule has 0 saturated heterocycles. The summed E-state index contributed by atoms with van der Waals surface area (Å²) in [7, 11) is 0. The van der Waals surface area contributed by atoms with Crippen LogP contribution in [0.1, 0.15) is 11.1 Å². The molecule has 4 nitrogen and oxygen atoms in total. The first-order valence-electron chi connectivity index (χ1n) is 8.66. The van der Waals surface area contributed by atoms with E-state index in [9.17, 15) is 9.18 Å². The summed E-state index contributed by atoms with van der Waals surface area (Å²) in [6.45, 7) is 1.94. The van der Waals surface area contributed by atoms with Gasteiger partial charge in [-0.25, -0.2) is 14.4 Å². The van der Waals surface area contributed by atoms with Crippen molar-refractivity contribution in [2.75, 3.05) is 5.32 Å². The zero-order chi connectivity index (χ0) is 19.5. The van der Waals surface area contributed by atoms with Crippen molar-refractivity contribution in [1.29, 1.82) is 0 Å². The number of halogens is 1. The van der Waals surface area contributed by atoms with Gasteiger partial charge in [0.25, 0.3) is 0 Å². The second-order valence-electron chi connectivity index (χ2n) is 6.25. The van der Waals surface area contributed by atoms with Gasteiger partial charge in [0.2, 0.25) is 5.91 Å². The van der Waals surface area contributed by atoms with E-state index in [1.165, 1.54) is 29.5 Å². The Labute approximate surface area is 165 Å². The molecule has 0 unspecified atom stereocenters. The van der Waals surface area contributed by atoms with Crippen molar-refractivity contribution in [3.8, 4) is 10.6 Å². The third kappa shape index (κ3) is 3.97. The standard InChI is InChI=1S/C22H16FN3OS/c1-14-13-16(21-26-19-3-2-12-24-22(19)28-21)7-10-18(14)25-20(27)11-6-15-4-8-17(23)9-5-15/h2-13H,1H3,(H,25,27)/b11-6+. The number of aromatic nitrogens is 2. The zero-order valence-corrected chi connectivity index (χ0v) is 15.8. The van der Waals surface area contributed by atoms with Gasteiger partial charge in [0.1, 0.15) is 21.2 Å². The minimum atomic E-state index is -0.304. The number of thiazole rings is 1. The fraction of sp³-hybridized carbons (Fsp3) is 0.0455. The topological polar surface area (TPSA) is 54.9 Å². The molecule has 2 heterocycles. The van der Waals surface area contributed by atoms with Crippen LogP contribution in [0, 0.1) is 12.7 Å².